The van der Waals surface area contributed by atoms with Gasteiger partial charge in [-0.1, -0.05) is 30.3 Å². The van der Waals surface area contributed by atoms with Crippen LogP contribution in [0.4, 0.5) is 5.69 Å². The Balaban J connectivity index is 0.00000486. The molecule has 284 valence electrons. The van der Waals surface area contributed by atoms with Crippen molar-refractivity contribution in [1.29, 1.82) is 0 Å². The molecule has 1 fully saturated rings. The summed E-state index contributed by atoms with van der Waals surface area (Å²) in [6.45, 7) is 3.89. The Morgan fingerprint density at radius 3 is 1.94 bits per heavy atom. The van der Waals surface area contributed by atoms with Gasteiger partial charge in [0.1, 0.15) is 12.3 Å². The van der Waals surface area contributed by atoms with Gasteiger partial charge in [-0.3, -0.25) is 34.0 Å². The zero-order valence-electron chi connectivity index (χ0n) is 29.9. The van der Waals surface area contributed by atoms with E-state index in [1.807, 2.05) is 53.4 Å². The van der Waals surface area contributed by atoms with E-state index in [0.29, 0.717) is 38.2 Å². The van der Waals surface area contributed by atoms with E-state index in [2.05, 4.69) is 5.32 Å². The standard InChI is InChI=1S/C36H48N6O9.Ga.H2O/c1-26(27-8-10-29(11-9-27)42-23-28-5-2-3-6-30(28)35(42)49)34(48)37-12-4-7-31(36(50)51)41-19-17-38(21-22-43)13-14-39(24-32(44)45)15-16-40(18-20-41)25-33(46)47;;/h2-3,5-6,8-11,22,26,31H,4,7,12-21,23-25H2,1H3,(H,37,48)(H,44,45)(H,46,47)(H,50,51);;1H2/q;+3;/p-3. The molecular weight excluding hydrogens is 746 g/mol. The number of rotatable bonds is 15. The SMILES string of the molecule is CC(C(=O)NCCCC(C(=O)O)N1CCN(CC=O)CCN(CC(=O)[O-])CCN(CC(=O)[O-])CC1)c1ccc(N2Cc3ccccc3C2=O)cc1.[Ga+3].[OH-]. The number of fused-ring (bicyclic) bond motifs is 1. The minimum atomic E-state index is -1.30. The van der Waals surface area contributed by atoms with Crippen molar-refractivity contribution in [3.8, 4) is 0 Å². The van der Waals surface area contributed by atoms with Gasteiger partial charge >= 0.3 is 25.8 Å². The van der Waals surface area contributed by atoms with Gasteiger partial charge in [-0.2, -0.15) is 0 Å². The number of carbonyl (C=O) groups is 6. The normalized spacial score (nSPS) is 17.5. The van der Waals surface area contributed by atoms with Crippen LogP contribution in [0, 0.1) is 0 Å². The van der Waals surface area contributed by atoms with Gasteiger partial charge < -0.3 is 45.4 Å². The van der Waals surface area contributed by atoms with Crippen LogP contribution in [-0.4, -0.2) is 171 Å². The van der Waals surface area contributed by atoms with Gasteiger partial charge in [0.05, 0.1) is 30.9 Å². The van der Waals surface area contributed by atoms with Gasteiger partial charge in [-0.05, 0) is 49.1 Å². The van der Waals surface area contributed by atoms with Gasteiger partial charge in [-0.25, -0.2) is 0 Å². The fourth-order valence-electron chi connectivity index (χ4n) is 6.51. The van der Waals surface area contributed by atoms with Crippen molar-refractivity contribution in [3.63, 3.8) is 0 Å². The van der Waals surface area contributed by atoms with E-state index in [9.17, 15) is 44.1 Å². The molecule has 4 rings (SSSR count). The van der Waals surface area contributed by atoms with Gasteiger partial charge in [0.2, 0.25) is 5.91 Å². The molecule has 0 bridgehead atoms. The molecule has 2 aromatic rings. The van der Waals surface area contributed by atoms with Crippen molar-refractivity contribution >= 4 is 61.5 Å². The van der Waals surface area contributed by atoms with Crippen molar-refractivity contribution in [1.82, 2.24) is 24.9 Å². The fraction of sp³-hybridized carbons (Fsp3) is 0.500. The molecular formula is C36H47GaN6O10. The topological polar surface area (TPSA) is 227 Å². The molecule has 0 aromatic heterocycles. The quantitative estimate of drug-likeness (QED) is 0.110. The predicted octanol–water partition coefficient (Wildman–Crippen LogP) is -2.34. The first kappa shape index (κ1) is 45.1. The molecule has 2 amide bonds. The number of carboxylic acid groups (broad SMARTS) is 3. The number of amides is 2. The van der Waals surface area contributed by atoms with E-state index in [-0.39, 0.29) is 95.9 Å². The molecule has 0 saturated carbocycles. The van der Waals surface area contributed by atoms with Crippen LogP contribution in [0.2, 0.25) is 0 Å². The maximum atomic E-state index is 13.1. The molecule has 1 saturated heterocycles. The van der Waals surface area contributed by atoms with Crippen LogP contribution in [0.5, 0.6) is 0 Å². The molecule has 2 unspecified atom stereocenters. The Bertz CT molecular complexity index is 1550. The average Bonchev–Trinajstić information content (AvgIpc) is 3.43. The number of carbonyl (C=O) groups excluding carboxylic acids is 5. The molecule has 2 heterocycles. The van der Waals surface area contributed by atoms with Crippen LogP contribution < -0.4 is 20.4 Å². The molecule has 2 aliphatic heterocycles. The Kier molecular flexibility index (Phi) is 18.9. The summed E-state index contributed by atoms with van der Waals surface area (Å²) in [5.74, 6) is -4.41. The summed E-state index contributed by atoms with van der Waals surface area (Å²) in [5.41, 5.74) is 3.16. The van der Waals surface area contributed by atoms with E-state index < -0.39 is 36.4 Å². The first-order valence-electron chi connectivity index (χ1n) is 17.2. The van der Waals surface area contributed by atoms with E-state index in [1.165, 1.54) is 0 Å². The second kappa shape index (κ2) is 22.2. The maximum Gasteiger partial charge on any atom is 3.00 e. The van der Waals surface area contributed by atoms with E-state index in [0.717, 1.165) is 23.1 Å². The zero-order chi connectivity index (χ0) is 36.9. The third-order valence-corrected chi connectivity index (χ3v) is 9.51. The summed E-state index contributed by atoms with van der Waals surface area (Å²) in [6.07, 6.45) is 1.31. The Morgan fingerprint density at radius 1 is 0.849 bits per heavy atom. The number of hydrogen-bond donors (Lipinski definition) is 2. The molecule has 16 nitrogen and oxygen atoms in total. The molecule has 3 N–H and O–H groups in total. The summed E-state index contributed by atoms with van der Waals surface area (Å²) >= 11 is 0. The molecule has 2 aliphatic rings. The van der Waals surface area contributed by atoms with Crippen LogP contribution >= 0.6 is 0 Å². The van der Waals surface area contributed by atoms with Crippen molar-refractivity contribution in [3.05, 3.63) is 65.2 Å². The van der Waals surface area contributed by atoms with E-state index in [1.54, 1.807) is 26.5 Å². The molecule has 2 atom stereocenters. The molecule has 0 spiro atoms. The van der Waals surface area contributed by atoms with Gasteiger partial charge in [0, 0.05) is 83.2 Å². The summed E-state index contributed by atoms with van der Waals surface area (Å²) in [5, 5.41) is 35.9. The predicted molar refractivity (Wildman–Crippen MR) is 190 cm³/mol. The van der Waals surface area contributed by atoms with Crippen LogP contribution in [0.3, 0.4) is 0 Å². The fourth-order valence-corrected chi connectivity index (χ4v) is 6.51. The number of carboxylic acids is 3. The Hall–Kier alpha value is -4.10. The smallest absolute Gasteiger partial charge is 0.870 e. The van der Waals surface area contributed by atoms with Crippen molar-refractivity contribution < 1.29 is 49.6 Å². The minimum absolute atomic E-state index is 0. The second-order valence-electron chi connectivity index (χ2n) is 12.9. The van der Waals surface area contributed by atoms with Gasteiger partial charge in [-0.15, -0.1) is 0 Å². The first-order valence-corrected chi connectivity index (χ1v) is 17.2. The second-order valence-corrected chi connectivity index (χ2v) is 12.9. The van der Waals surface area contributed by atoms with Crippen LogP contribution in [-0.2, 0) is 30.5 Å². The van der Waals surface area contributed by atoms with E-state index in [4.69, 9.17) is 0 Å². The number of nitrogens with one attached hydrogen (secondary N) is 1. The summed E-state index contributed by atoms with van der Waals surface area (Å²) in [6, 6.07) is 13.8. The number of aldehydes is 1. The van der Waals surface area contributed by atoms with Crippen molar-refractivity contribution in [2.75, 3.05) is 83.4 Å². The van der Waals surface area contributed by atoms with Crippen molar-refractivity contribution in [2.24, 2.45) is 0 Å². The number of nitrogens with zero attached hydrogens (tertiary/aromatic N) is 5. The third-order valence-electron chi connectivity index (χ3n) is 9.51. The first-order chi connectivity index (χ1) is 24.5. The van der Waals surface area contributed by atoms with Crippen LogP contribution in [0.1, 0.15) is 47.2 Å². The Labute approximate surface area is 322 Å². The molecule has 2 aromatic carbocycles. The number of aliphatic carboxylic acids is 3. The maximum absolute atomic E-state index is 13.1. The molecule has 0 radical (unpaired) electrons. The summed E-state index contributed by atoms with van der Waals surface area (Å²) in [4.78, 5) is 81.0. The third kappa shape index (κ3) is 13.4. The molecule has 0 aliphatic carbocycles. The number of hydrogen-bond acceptors (Lipinski definition) is 13. The van der Waals surface area contributed by atoms with Gasteiger partial charge in [0.15, 0.2) is 0 Å². The van der Waals surface area contributed by atoms with Crippen molar-refractivity contribution in [2.45, 2.75) is 38.3 Å². The minimum Gasteiger partial charge on any atom is -0.870 e. The molecule has 53 heavy (non-hydrogen) atoms. The number of benzene rings is 2. The summed E-state index contributed by atoms with van der Waals surface area (Å²) in [7, 11) is 0. The van der Waals surface area contributed by atoms with Crippen LogP contribution in [0.25, 0.3) is 0 Å². The molecule has 17 heteroatoms. The Morgan fingerprint density at radius 2 is 1.40 bits per heavy atom. The van der Waals surface area contributed by atoms with Crippen LogP contribution in [0.15, 0.2) is 48.5 Å². The number of anilines is 1. The average molecular weight is 794 g/mol. The summed E-state index contributed by atoms with van der Waals surface area (Å²) < 4.78 is 0. The van der Waals surface area contributed by atoms with E-state index >= 15 is 0 Å². The van der Waals surface area contributed by atoms with Gasteiger partial charge in [0.25, 0.3) is 5.91 Å². The zero-order valence-corrected chi connectivity index (χ0v) is 32.4. The largest absolute Gasteiger partial charge is 3.00 e. The monoisotopic (exact) mass is 792 g/mol.